The van der Waals surface area contributed by atoms with Crippen LogP contribution in [0.5, 0.6) is 0 Å². The molecule has 2 heteroatoms. The van der Waals surface area contributed by atoms with Crippen molar-refractivity contribution in [2.24, 2.45) is 11.7 Å². The van der Waals surface area contributed by atoms with Crippen LogP contribution in [0.4, 0.5) is 0 Å². The molecule has 1 aromatic carbocycles. The molecule has 0 spiro atoms. The van der Waals surface area contributed by atoms with Crippen molar-refractivity contribution in [2.45, 2.75) is 39.3 Å². The quantitative estimate of drug-likeness (QED) is 0.859. The van der Waals surface area contributed by atoms with Crippen molar-refractivity contribution in [3.05, 3.63) is 35.5 Å². The van der Waals surface area contributed by atoms with Crippen LogP contribution < -0.4 is 5.73 Å². The average Bonchev–Trinajstić information content (AvgIpc) is 2.60. The van der Waals surface area contributed by atoms with E-state index in [0.717, 1.165) is 12.5 Å². The summed E-state index contributed by atoms with van der Waals surface area (Å²) in [4.78, 5) is 0. The Bertz CT molecular complexity index is 535. The van der Waals surface area contributed by atoms with Crippen molar-refractivity contribution in [3.63, 3.8) is 0 Å². The molecule has 17 heavy (non-hydrogen) atoms. The van der Waals surface area contributed by atoms with E-state index in [1.54, 1.807) is 0 Å². The van der Waals surface area contributed by atoms with E-state index in [4.69, 9.17) is 5.73 Å². The van der Waals surface area contributed by atoms with Gasteiger partial charge in [0.15, 0.2) is 0 Å². The van der Waals surface area contributed by atoms with Crippen molar-refractivity contribution in [1.29, 1.82) is 0 Å². The highest BCUT2D eigenvalue weighted by Crippen LogP contribution is 2.30. The molecule has 2 nitrogen and oxygen atoms in total. The Labute approximate surface area is 102 Å². The Balaban J connectivity index is 2.05. The monoisotopic (exact) mass is 228 g/mol. The number of nitrogens with zero attached hydrogens (tertiary/aromatic N) is 1. The van der Waals surface area contributed by atoms with Crippen molar-refractivity contribution in [2.75, 3.05) is 0 Å². The number of aromatic nitrogens is 1. The van der Waals surface area contributed by atoms with Gasteiger partial charge in [0.1, 0.15) is 0 Å². The lowest BCUT2D eigenvalue weighted by atomic mass is 9.85. The first-order valence-corrected chi connectivity index (χ1v) is 6.57. The maximum absolute atomic E-state index is 5.87. The molecule has 0 amide bonds. The Hall–Kier alpha value is -1.28. The van der Waals surface area contributed by atoms with Gasteiger partial charge in [0.2, 0.25) is 0 Å². The van der Waals surface area contributed by atoms with E-state index in [-0.39, 0.29) is 0 Å². The first-order valence-electron chi connectivity index (χ1n) is 6.57. The fourth-order valence-corrected chi connectivity index (χ4v) is 2.77. The van der Waals surface area contributed by atoms with Gasteiger partial charge in [0.05, 0.1) is 0 Å². The van der Waals surface area contributed by atoms with Crippen LogP contribution in [0.25, 0.3) is 10.9 Å². The van der Waals surface area contributed by atoms with E-state index in [9.17, 15) is 0 Å². The molecule has 1 heterocycles. The summed E-state index contributed by atoms with van der Waals surface area (Å²) in [6, 6.07) is 8.94. The van der Waals surface area contributed by atoms with Gasteiger partial charge in [-0.25, -0.2) is 0 Å². The summed E-state index contributed by atoms with van der Waals surface area (Å²) in [5.41, 5.74) is 9.81. The number of fused-ring (bicyclic) bond motifs is 1. The number of rotatable bonds is 3. The van der Waals surface area contributed by atoms with Crippen molar-refractivity contribution >= 4 is 10.9 Å². The zero-order valence-electron chi connectivity index (χ0n) is 10.4. The molecule has 1 aliphatic carbocycles. The first kappa shape index (κ1) is 10.8. The van der Waals surface area contributed by atoms with E-state index < -0.39 is 0 Å². The molecular weight excluding hydrogens is 208 g/mol. The molecular formula is C15H20N2. The Morgan fingerprint density at radius 1 is 1.29 bits per heavy atom. The minimum Gasteiger partial charge on any atom is -0.343 e. The third-order valence-electron chi connectivity index (χ3n) is 4.02. The maximum atomic E-state index is 5.87. The van der Waals surface area contributed by atoms with Crippen molar-refractivity contribution in [3.8, 4) is 0 Å². The summed E-state index contributed by atoms with van der Waals surface area (Å²) in [6.07, 6.45) is 4.17. The van der Waals surface area contributed by atoms with Gasteiger partial charge in [-0.2, -0.15) is 0 Å². The lowest BCUT2D eigenvalue weighted by Gasteiger charge is -2.27. The molecule has 2 N–H and O–H groups in total. The number of benzene rings is 1. The van der Waals surface area contributed by atoms with Crippen LogP contribution in [0, 0.1) is 12.8 Å². The highest BCUT2D eigenvalue weighted by atomic mass is 15.0. The van der Waals surface area contributed by atoms with E-state index in [1.165, 1.54) is 41.4 Å². The Morgan fingerprint density at radius 3 is 2.76 bits per heavy atom. The Kier molecular flexibility index (Phi) is 2.67. The van der Waals surface area contributed by atoms with Crippen molar-refractivity contribution < 1.29 is 0 Å². The maximum Gasteiger partial charge on any atom is 0.0483 e. The second-order valence-electron chi connectivity index (χ2n) is 5.31. The van der Waals surface area contributed by atoms with Crippen molar-refractivity contribution in [1.82, 2.24) is 4.57 Å². The van der Waals surface area contributed by atoms with Gasteiger partial charge in [0.25, 0.3) is 0 Å². The molecule has 1 saturated carbocycles. The largest absolute Gasteiger partial charge is 0.343 e. The standard InChI is InChI=1S/C15H20N2/c1-11-5-6-15-13(7-11)8-14(9-16)17(15)10-12-3-2-4-12/h5-8,12H,2-4,9-10,16H2,1H3. The molecule has 0 aliphatic heterocycles. The minimum atomic E-state index is 0.639. The second kappa shape index (κ2) is 4.19. The predicted molar refractivity (Wildman–Crippen MR) is 71.9 cm³/mol. The summed E-state index contributed by atoms with van der Waals surface area (Å²) in [6.45, 7) is 3.93. The van der Waals surface area contributed by atoms with Crippen LogP contribution in [0.3, 0.4) is 0 Å². The van der Waals surface area contributed by atoms with Gasteiger partial charge >= 0.3 is 0 Å². The third kappa shape index (κ3) is 1.87. The minimum absolute atomic E-state index is 0.639. The van der Waals surface area contributed by atoms with Gasteiger partial charge < -0.3 is 10.3 Å². The summed E-state index contributed by atoms with van der Waals surface area (Å²) in [5, 5.41) is 1.34. The van der Waals surface area contributed by atoms with E-state index in [0.29, 0.717) is 6.54 Å². The average molecular weight is 228 g/mol. The van der Waals surface area contributed by atoms with Crippen LogP contribution in [0.2, 0.25) is 0 Å². The molecule has 0 saturated heterocycles. The molecule has 0 bridgehead atoms. The lowest BCUT2D eigenvalue weighted by molar-refractivity contribution is 0.277. The van der Waals surface area contributed by atoms with Crippen LogP contribution in [0.1, 0.15) is 30.5 Å². The molecule has 3 rings (SSSR count). The van der Waals surface area contributed by atoms with E-state index in [2.05, 4.69) is 35.8 Å². The van der Waals surface area contributed by atoms with E-state index >= 15 is 0 Å². The fourth-order valence-electron chi connectivity index (χ4n) is 2.77. The zero-order valence-corrected chi connectivity index (χ0v) is 10.4. The van der Waals surface area contributed by atoms with Gasteiger partial charge in [-0.05, 0) is 43.9 Å². The number of hydrogen-bond donors (Lipinski definition) is 1. The van der Waals surface area contributed by atoms with Crippen LogP contribution in [0.15, 0.2) is 24.3 Å². The summed E-state index contributed by atoms with van der Waals surface area (Å²) >= 11 is 0. The number of hydrogen-bond acceptors (Lipinski definition) is 1. The van der Waals surface area contributed by atoms with Gasteiger partial charge in [-0.3, -0.25) is 0 Å². The molecule has 2 aromatic rings. The number of aryl methyl sites for hydroxylation is 1. The molecule has 0 atom stereocenters. The Morgan fingerprint density at radius 2 is 2.12 bits per heavy atom. The molecule has 1 aliphatic rings. The highest BCUT2D eigenvalue weighted by molar-refractivity contribution is 5.82. The lowest BCUT2D eigenvalue weighted by Crippen LogP contribution is -2.20. The molecule has 0 radical (unpaired) electrons. The first-order chi connectivity index (χ1) is 8.28. The van der Waals surface area contributed by atoms with Crippen LogP contribution in [-0.4, -0.2) is 4.57 Å². The van der Waals surface area contributed by atoms with Crippen LogP contribution in [-0.2, 0) is 13.1 Å². The van der Waals surface area contributed by atoms with Gasteiger partial charge in [-0.1, -0.05) is 18.1 Å². The molecule has 90 valence electrons. The zero-order chi connectivity index (χ0) is 11.8. The second-order valence-corrected chi connectivity index (χ2v) is 5.31. The summed E-state index contributed by atoms with van der Waals surface area (Å²) in [5.74, 6) is 0.872. The highest BCUT2D eigenvalue weighted by Gasteiger charge is 2.19. The van der Waals surface area contributed by atoms with Gasteiger partial charge in [-0.15, -0.1) is 0 Å². The predicted octanol–water partition coefficient (Wildman–Crippen LogP) is 3.21. The molecule has 1 aromatic heterocycles. The SMILES string of the molecule is Cc1ccc2c(c1)cc(CN)n2CC1CCC1. The molecule has 1 fully saturated rings. The van der Waals surface area contributed by atoms with E-state index in [1.807, 2.05) is 0 Å². The topological polar surface area (TPSA) is 30.9 Å². The fraction of sp³-hybridized carbons (Fsp3) is 0.467. The summed E-state index contributed by atoms with van der Waals surface area (Å²) in [7, 11) is 0. The van der Waals surface area contributed by atoms with Gasteiger partial charge in [0, 0.05) is 29.7 Å². The smallest absolute Gasteiger partial charge is 0.0483 e. The molecule has 0 unspecified atom stereocenters. The third-order valence-corrected chi connectivity index (χ3v) is 4.02. The number of nitrogens with two attached hydrogens (primary N) is 1. The van der Waals surface area contributed by atoms with Crippen LogP contribution >= 0.6 is 0 Å². The summed E-state index contributed by atoms with van der Waals surface area (Å²) < 4.78 is 2.43. The normalized spacial score (nSPS) is 16.4.